The van der Waals surface area contributed by atoms with Gasteiger partial charge in [-0.15, -0.1) is 0 Å². The Kier molecular flexibility index (Phi) is 7.84. The molecule has 0 heterocycles. The van der Waals surface area contributed by atoms with Gasteiger partial charge in [-0.05, 0) is 18.6 Å². The summed E-state index contributed by atoms with van der Waals surface area (Å²) < 4.78 is 143. The molecular weight excluding hydrogens is 421 g/mol. The molecule has 1 nitrogen and oxygen atoms in total. The van der Waals surface area contributed by atoms with Crippen LogP contribution in [0.15, 0.2) is 0 Å². The minimum absolute atomic E-state index is 0.238. The van der Waals surface area contributed by atoms with E-state index in [9.17, 15) is 48.3 Å². The van der Waals surface area contributed by atoms with Crippen molar-refractivity contribution >= 4 is 28.4 Å². The van der Waals surface area contributed by atoms with Gasteiger partial charge < -0.3 is 4.74 Å². The average Bonchev–Trinajstić information content (AvgIpc) is 2.41. The molecule has 0 unspecified atom stereocenters. The van der Waals surface area contributed by atoms with E-state index in [2.05, 4.69) is 17.0 Å². The maximum atomic E-state index is 13.3. The molecule has 0 saturated heterocycles. The molecule has 0 aromatic heterocycles. The van der Waals surface area contributed by atoms with Crippen molar-refractivity contribution in [1.29, 1.82) is 0 Å². The van der Waals surface area contributed by atoms with Crippen LogP contribution < -0.4 is 0 Å². The lowest BCUT2D eigenvalue weighted by molar-refractivity contribution is -0.412. The third kappa shape index (κ3) is 5.01. The second-order valence-electron chi connectivity index (χ2n) is 4.65. The van der Waals surface area contributed by atoms with E-state index in [1.54, 1.807) is 6.92 Å². The van der Waals surface area contributed by atoms with Gasteiger partial charge in [-0.3, -0.25) is 0 Å². The van der Waals surface area contributed by atoms with Gasteiger partial charge in [0.15, 0.2) is 0 Å². The number of thiocarbonyl (C=S) groups is 1. The van der Waals surface area contributed by atoms with Crippen LogP contribution in [0.2, 0.25) is 0 Å². The molecule has 14 heteroatoms. The molecule has 0 aliphatic heterocycles. The molecule has 0 radical (unpaired) electrons. The van der Waals surface area contributed by atoms with Crippen molar-refractivity contribution in [2.45, 2.75) is 55.4 Å². The van der Waals surface area contributed by atoms with E-state index in [0.717, 1.165) is 0 Å². The Bertz CT molecular complexity index is 461. The lowest BCUT2D eigenvalue weighted by atomic mass is 10.0. The van der Waals surface area contributed by atoms with Gasteiger partial charge in [0.1, 0.15) is 0 Å². The van der Waals surface area contributed by atoms with Crippen LogP contribution in [0.3, 0.4) is 0 Å². The number of halogens is 11. The molecule has 0 rings (SSSR count). The predicted molar refractivity (Wildman–Crippen MR) is 71.5 cm³/mol. The summed E-state index contributed by atoms with van der Waals surface area (Å²) in [6.45, 7) is 1.39. The number of ether oxygens (including phenoxy) is 1. The number of hydrogen-bond donors (Lipinski definition) is 0. The van der Waals surface area contributed by atoms with Crippen LogP contribution in [-0.4, -0.2) is 40.2 Å². The monoisotopic (exact) mass is 432 g/mol. The van der Waals surface area contributed by atoms with E-state index >= 15 is 0 Å². The van der Waals surface area contributed by atoms with Crippen LogP contribution in [-0.2, 0) is 4.74 Å². The number of unbranched alkanes of at least 4 members (excludes halogenated alkanes) is 2. The highest BCUT2D eigenvalue weighted by Crippen LogP contribution is 2.59. The molecule has 0 bridgehead atoms. The average molecular weight is 432 g/mol. The number of hydrogen-bond acceptors (Lipinski definition) is 3. The highest BCUT2D eigenvalue weighted by molar-refractivity contribution is 8.23. The van der Waals surface area contributed by atoms with Crippen LogP contribution in [0.25, 0.3) is 0 Å². The second kappa shape index (κ2) is 8.01. The SMILES string of the molecule is CCCCCOC(=S)SC(F)(F)C(F)(F)C(F)(F)C(F)(F)C(F)(F)F. The van der Waals surface area contributed by atoms with Crippen molar-refractivity contribution in [3.8, 4) is 0 Å². The maximum absolute atomic E-state index is 13.3. The van der Waals surface area contributed by atoms with Gasteiger partial charge in [0, 0.05) is 11.8 Å². The van der Waals surface area contributed by atoms with Gasteiger partial charge in [-0.25, -0.2) is 0 Å². The molecule has 25 heavy (non-hydrogen) atoms. The van der Waals surface area contributed by atoms with E-state index in [1.165, 1.54) is 0 Å². The van der Waals surface area contributed by atoms with Gasteiger partial charge >= 0.3 is 29.2 Å². The van der Waals surface area contributed by atoms with E-state index in [4.69, 9.17) is 0 Å². The first kappa shape index (κ1) is 24.5. The number of rotatable bonds is 8. The summed E-state index contributed by atoms with van der Waals surface area (Å²) in [5.41, 5.74) is 0. The Morgan fingerprint density at radius 3 is 1.68 bits per heavy atom. The fraction of sp³-hybridized carbons (Fsp3) is 0.909. The van der Waals surface area contributed by atoms with E-state index in [0.29, 0.717) is 12.8 Å². The first-order valence-corrected chi connectivity index (χ1v) is 7.62. The van der Waals surface area contributed by atoms with E-state index < -0.39 is 45.3 Å². The lowest BCUT2D eigenvalue weighted by Crippen LogP contribution is -2.65. The van der Waals surface area contributed by atoms with Gasteiger partial charge in [0.05, 0.1) is 6.61 Å². The Labute approximate surface area is 144 Å². The van der Waals surface area contributed by atoms with Gasteiger partial charge in [-0.2, -0.15) is 48.3 Å². The summed E-state index contributed by atoms with van der Waals surface area (Å²) in [5, 5.41) is -6.09. The number of thioether (sulfide) groups is 1. The second-order valence-corrected chi connectivity index (χ2v) is 6.36. The topological polar surface area (TPSA) is 9.23 Å². The Morgan fingerprint density at radius 1 is 0.800 bits per heavy atom. The van der Waals surface area contributed by atoms with Crippen LogP contribution >= 0.6 is 24.0 Å². The molecule has 150 valence electrons. The van der Waals surface area contributed by atoms with Crippen molar-refractivity contribution < 1.29 is 53.0 Å². The summed E-state index contributed by atoms with van der Waals surface area (Å²) in [6, 6.07) is 0. The van der Waals surface area contributed by atoms with Crippen LogP contribution in [0.5, 0.6) is 0 Å². The molecular formula is C11H11F11OS2. The fourth-order valence-corrected chi connectivity index (χ4v) is 2.27. The van der Waals surface area contributed by atoms with E-state index in [-0.39, 0.29) is 13.0 Å². The molecule has 0 aromatic rings. The molecule has 0 amide bonds. The van der Waals surface area contributed by atoms with Crippen molar-refractivity contribution in [2.75, 3.05) is 6.61 Å². The smallest absolute Gasteiger partial charge is 0.460 e. The van der Waals surface area contributed by atoms with Crippen LogP contribution in [0.4, 0.5) is 48.3 Å². The van der Waals surface area contributed by atoms with Gasteiger partial charge in [-0.1, -0.05) is 19.8 Å². The quantitative estimate of drug-likeness (QED) is 0.254. The Balaban J connectivity index is 5.35. The van der Waals surface area contributed by atoms with Crippen LogP contribution in [0, 0.1) is 0 Å². The predicted octanol–water partition coefficient (Wildman–Crippen LogP) is 6.27. The third-order valence-corrected chi connectivity index (χ3v) is 3.85. The van der Waals surface area contributed by atoms with E-state index in [1.807, 2.05) is 0 Å². The first-order chi connectivity index (χ1) is 11.0. The normalized spacial score (nSPS) is 14.6. The highest BCUT2D eigenvalue weighted by Gasteiger charge is 2.87. The maximum Gasteiger partial charge on any atom is 0.460 e. The zero-order chi connectivity index (χ0) is 20.3. The third-order valence-electron chi connectivity index (χ3n) is 2.69. The molecule has 0 fully saturated rings. The Morgan fingerprint density at radius 2 is 1.28 bits per heavy atom. The molecule has 0 aliphatic carbocycles. The molecule has 0 aliphatic rings. The van der Waals surface area contributed by atoms with Crippen molar-refractivity contribution in [2.24, 2.45) is 0 Å². The minimum Gasteiger partial charge on any atom is -0.478 e. The molecule has 0 atom stereocenters. The summed E-state index contributed by atoms with van der Waals surface area (Å²) in [6.07, 6.45) is -5.77. The summed E-state index contributed by atoms with van der Waals surface area (Å²) in [5.74, 6) is -21.9. The van der Waals surface area contributed by atoms with Crippen molar-refractivity contribution in [1.82, 2.24) is 0 Å². The summed E-state index contributed by atoms with van der Waals surface area (Å²) in [4.78, 5) is 0. The highest BCUT2D eigenvalue weighted by atomic mass is 32.2. The first-order valence-electron chi connectivity index (χ1n) is 6.39. The van der Waals surface area contributed by atoms with Crippen molar-refractivity contribution in [3.63, 3.8) is 0 Å². The minimum atomic E-state index is -7.44. The molecule has 0 saturated carbocycles. The molecule has 0 N–H and O–H groups in total. The molecule has 0 aromatic carbocycles. The summed E-state index contributed by atoms with van der Waals surface area (Å²) >= 11 is 2.55. The number of alkyl halides is 11. The standard InChI is InChI=1S/C11H11F11OS2/c1-2-3-4-5-23-6(24)25-11(21,22)9(16,17)7(12,13)8(14,15)10(18,19)20/h2-5H2,1H3. The van der Waals surface area contributed by atoms with Crippen molar-refractivity contribution in [3.05, 3.63) is 0 Å². The lowest BCUT2D eigenvalue weighted by Gasteiger charge is -2.36. The fourth-order valence-electron chi connectivity index (χ4n) is 1.26. The zero-order valence-electron chi connectivity index (χ0n) is 12.2. The van der Waals surface area contributed by atoms with Crippen LogP contribution in [0.1, 0.15) is 26.2 Å². The molecule has 0 spiro atoms. The largest absolute Gasteiger partial charge is 0.478 e. The van der Waals surface area contributed by atoms with Gasteiger partial charge in [0.2, 0.25) is 4.38 Å². The zero-order valence-corrected chi connectivity index (χ0v) is 13.8. The summed E-state index contributed by atoms with van der Waals surface area (Å²) in [7, 11) is 0. The Hall–Kier alpha value is -0.530. The van der Waals surface area contributed by atoms with Gasteiger partial charge in [0.25, 0.3) is 0 Å².